The molecule has 0 spiro atoms. The molecule has 5 heteroatoms. The standard InChI is InChI=1S/C24H36N3OP/c1-3-26(4-2)24(28)27-22-18-12-11-17-21(22)25-23(27)29(19-13-7-5-8-14-19)20-15-9-6-10-16-20/h11-12,17-20H,3-10,13-16H2,1-2H3. The Hall–Kier alpha value is -1.41. The molecule has 2 aliphatic carbocycles. The molecule has 1 amide bonds. The number of benzene rings is 1. The third-order valence-corrected chi connectivity index (χ3v) is 10.3. The Morgan fingerprint density at radius 2 is 1.52 bits per heavy atom. The summed E-state index contributed by atoms with van der Waals surface area (Å²) in [6, 6.07) is 8.39. The van der Waals surface area contributed by atoms with Gasteiger partial charge in [-0.2, -0.15) is 0 Å². The van der Waals surface area contributed by atoms with Gasteiger partial charge in [0.15, 0.2) is 0 Å². The number of amides is 1. The maximum Gasteiger partial charge on any atom is 0.330 e. The molecule has 0 unspecified atom stereocenters. The lowest BCUT2D eigenvalue weighted by Crippen LogP contribution is -2.40. The van der Waals surface area contributed by atoms with Gasteiger partial charge in [-0.15, -0.1) is 0 Å². The summed E-state index contributed by atoms with van der Waals surface area (Å²) in [7, 11) is -0.423. The quantitative estimate of drug-likeness (QED) is 0.554. The number of fused-ring (bicyclic) bond motifs is 1. The summed E-state index contributed by atoms with van der Waals surface area (Å²) in [6.45, 7) is 5.63. The molecular weight excluding hydrogens is 377 g/mol. The zero-order valence-corrected chi connectivity index (χ0v) is 19.0. The molecule has 1 heterocycles. The van der Waals surface area contributed by atoms with Crippen molar-refractivity contribution in [2.24, 2.45) is 0 Å². The Kier molecular flexibility index (Phi) is 6.90. The van der Waals surface area contributed by atoms with Crippen molar-refractivity contribution in [3.05, 3.63) is 24.3 Å². The van der Waals surface area contributed by atoms with Crippen molar-refractivity contribution in [1.29, 1.82) is 0 Å². The smallest absolute Gasteiger partial charge is 0.325 e. The molecule has 0 atom stereocenters. The van der Waals surface area contributed by atoms with Gasteiger partial charge < -0.3 is 4.90 Å². The van der Waals surface area contributed by atoms with E-state index in [2.05, 4.69) is 32.0 Å². The molecule has 4 nitrogen and oxygen atoms in total. The molecule has 0 saturated heterocycles. The van der Waals surface area contributed by atoms with Gasteiger partial charge in [0.1, 0.15) is 5.57 Å². The van der Waals surface area contributed by atoms with Gasteiger partial charge in [-0.05, 0) is 70.9 Å². The van der Waals surface area contributed by atoms with E-state index in [1.54, 1.807) is 0 Å². The fraction of sp³-hybridized carbons (Fsp3) is 0.667. The normalized spacial score (nSPS) is 19.1. The van der Waals surface area contributed by atoms with Gasteiger partial charge >= 0.3 is 6.03 Å². The Morgan fingerprint density at radius 1 is 0.966 bits per heavy atom. The number of hydrogen-bond acceptors (Lipinski definition) is 2. The monoisotopic (exact) mass is 413 g/mol. The summed E-state index contributed by atoms with van der Waals surface area (Å²) in [5.41, 5.74) is 4.58. The zero-order chi connectivity index (χ0) is 20.2. The van der Waals surface area contributed by atoms with Gasteiger partial charge in [0.05, 0.1) is 11.0 Å². The van der Waals surface area contributed by atoms with E-state index in [-0.39, 0.29) is 6.03 Å². The SMILES string of the molecule is CCN(CC)C(=O)n1c(P(C2CCCCC2)C2CCCCC2)nc2ccccc21. The molecule has 2 aliphatic rings. The van der Waals surface area contributed by atoms with Crippen LogP contribution in [0.25, 0.3) is 11.0 Å². The average molecular weight is 414 g/mol. The highest BCUT2D eigenvalue weighted by atomic mass is 31.1. The van der Waals surface area contributed by atoms with Crippen LogP contribution in [0.2, 0.25) is 0 Å². The first kappa shape index (κ1) is 20.8. The number of carbonyl (C=O) groups excluding carboxylic acids is 1. The maximum atomic E-state index is 13.6. The van der Waals surface area contributed by atoms with Crippen LogP contribution >= 0.6 is 7.92 Å². The Balaban J connectivity index is 1.83. The predicted molar refractivity (Wildman–Crippen MR) is 124 cm³/mol. The van der Waals surface area contributed by atoms with Crippen molar-refractivity contribution in [3.63, 3.8) is 0 Å². The Morgan fingerprint density at radius 3 is 2.07 bits per heavy atom. The minimum atomic E-state index is -0.423. The zero-order valence-electron chi connectivity index (χ0n) is 18.1. The first-order chi connectivity index (χ1) is 14.2. The van der Waals surface area contributed by atoms with Crippen molar-refractivity contribution in [2.45, 2.75) is 89.4 Å². The van der Waals surface area contributed by atoms with Crippen LogP contribution in [0.15, 0.2) is 24.3 Å². The summed E-state index contributed by atoms with van der Waals surface area (Å²) in [4.78, 5) is 20.8. The van der Waals surface area contributed by atoms with Gasteiger partial charge in [-0.1, -0.05) is 50.7 Å². The number of aromatic nitrogens is 2. The number of para-hydroxylation sites is 2. The summed E-state index contributed by atoms with van der Waals surface area (Å²) in [5, 5.41) is 0. The van der Waals surface area contributed by atoms with E-state index in [0.717, 1.165) is 41.0 Å². The van der Waals surface area contributed by atoms with E-state index < -0.39 is 7.92 Å². The summed E-state index contributed by atoms with van der Waals surface area (Å²) < 4.78 is 2.03. The second kappa shape index (κ2) is 9.60. The summed E-state index contributed by atoms with van der Waals surface area (Å²) in [6.07, 6.45) is 13.4. The number of imidazole rings is 1. The van der Waals surface area contributed by atoms with E-state index in [0.29, 0.717) is 0 Å². The van der Waals surface area contributed by atoms with Gasteiger partial charge in [0.2, 0.25) is 0 Å². The molecular formula is C24H36N3OP. The van der Waals surface area contributed by atoms with Crippen molar-refractivity contribution >= 4 is 30.6 Å². The van der Waals surface area contributed by atoms with Crippen LogP contribution < -0.4 is 5.57 Å². The molecule has 2 saturated carbocycles. The van der Waals surface area contributed by atoms with E-state index in [9.17, 15) is 4.79 Å². The first-order valence-corrected chi connectivity index (χ1v) is 13.3. The van der Waals surface area contributed by atoms with Crippen molar-refractivity contribution in [3.8, 4) is 0 Å². The maximum absolute atomic E-state index is 13.6. The van der Waals surface area contributed by atoms with E-state index in [1.165, 1.54) is 64.2 Å². The second-order valence-electron chi connectivity index (χ2n) is 8.68. The Labute approximate surface area is 176 Å². The molecule has 29 heavy (non-hydrogen) atoms. The second-order valence-corrected chi connectivity index (χ2v) is 11.4. The minimum Gasteiger partial charge on any atom is -0.325 e. The van der Waals surface area contributed by atoms with Crippen LogP contribution in [0.5, 0.6) is 0 Å². The minimum absolute atomic E-state index is 0.123. The molecule has 158 valence electrons. The molecule has 2 aromatic rings. The van der Waals surface area contributed by atoms with Gasteiger partial charge in [0, 0.05) is 13.1 Å². The Bertz CT molecular complexity index is 799. The lowest BCUT2D eigenvalue weighted by Gasteiger charge is -2.38. The van der Waals surface area contributed by atoms with Crippen LogP contribution in [-0.2, 0) is 0 Å². The van der Waals surface area contributed by atoms with Crippen molar-refractivity contribution < 1.29 is 4.79 Å². The molecule has 0 radical (unpaired) electrons. The highest BCUT2D eigenvalue weighted by molar-refractivity contribution is 7.66. The van der Waals surface area contributed by atoms with E-state index in [1.807, 2.05) is 15.5 Å². The van der Waals surface area contributed by atoms with Gasteiger partial charge in [-0.25, -0.2) is 14.3 Å². The molecule has 1 aromatic carbocycles. The summed E-state index contributed by atoms with van der Waals surface area (Å²) >= 11 is 0. The highest BCUT2D eigenvalue weighted by Gasteiger charge is 2.37. The highest BCUT2D eigenvalue weighted by Crippen LogP contribution is 2.54. The third-order valence-electron chi connectivity index (χ3n) is 6.94. The van der Waals surface area contributed by atoms with Crippen LogP contribution in [0.1, 0.15) is 78.1 Å². The van der Waals surface area contributed by atoms with Crippen molar-refractivity contribution in [1.82, 2.24) is 14.5 Å². The fourth-order valence-corrected chi connectivity index (χ4v) is 9.09. The topological polar surface area (TPSA) is 38.1 Å². The molecule has 0 N–H and O–H groups in total. The molecule has 2 fully saturated rings. The third kappa shape index (κ3) is 4.24. The largest absolute Gasteiger partial charge is 0.330 e. The lowest BCUT2D eigenvalue weighted by molar-refractivity contribution is 0.206. The first-order valence-electron chi connectivity index (χ1n) is 11.8. The van der Waals surface area contributed by atoms with Gasteiger partial charge in [0.25, 0.3) is 0 Å². The van der Waals surface area contributed by atoms with Crippen LogP contribution in [0, 0.1) is 0 Å². The van der Waals surface area contributed by atoms with Gasteiger partial charge in [-0.3, -0.25) is 0 Å². The molecule has 1 aromatic heterocycles. The number of hydrogen-bond donors (Lipinski definition) is 0. The van der Waals surface area contributed by atoms with E-state index in [4.69, 9.17) is 4.98 Å². The van der Waals surface area contributed by atoms with Crippen LogP contribution in [-0.4, -0.2) is 44.9 Å². The average Bonchev–Trinajstić information content (AvgIpc) is 3.15. The molecule has 0 aliphatic heterocycles. The fourth-order valence-electron chi connectivity index (χ4n) is 5.35. The van der Waals surface area contributed by atoms with E-state index >= 15 is 0 Å². The van der Waals surface area contributed by atoms with Crippen LogP contribution in [0.4, 0.5) is 4.79 Å². The number of carbonyl (C=O) groups is 1. The number of nitrogens with zero attached hydrogens (tertiary/aromatic N) is 3. The van der Waals surface area contributed by atoms with Crippen molar-refractivity contribution in [2.75, 3.05) is 13.1 Å². The lowest BCUT2D eigenvalue weighted by atomic mass is 9.99. The predicted octanol–water partition coefficient (Wildman–Crippen LogP) is 6.12. The molecule has 0 bridgehead atoms. The number of rotatable bonds is 5. The molecule has 4 rings (SSSR count). The van der Waals surface area contributed by atoms with Crippen LogP contribution in [0.3, 0.4) is 0 Å². The summed E-state index contributed by atoms with van der Waals surface area (Å²) in [5.74, 6) is 0.